The number of fused-ring (bicyclic) bond motifs is 1. The van der Waals surface area contributed by atoms with Gasteiger partial charge in [0, 0.05) is 24.7 Å². The van der Waals surface area contributed by atoms with E-state index < -0.39 is 49.1 Å². The fraction of sp³-hybridized carbons (Fsp3) is 0.484. The summed E-state index contributed by atoms with van der Waals surface area (Å²) in [6.07, 6.45) is 1.00. The van der Waals surface area contributed by atoms with Gasteiger partial charge < -0.3 is 29.6 Å². The Morgan fingerprint density at radius 3 is 2.57 bits per heavy atom. The molecule has 2 unspecified atom stereocenters. The number of ether oxygens (including phenoxy) is 2. The number of nitrogens with zero attached hydrogens (tertiary/aromatic N) is 2. The van der Waals surface area contributed by atoms with Crippen molar-refractivity contribution in [2.24, 2.45) is 0 Å². The first-order valence-electron chi connectivity index (χ1n) is 15.2. The summed E-state index contributed by atoms with van der Waals surface area (Å²) in [5, 5.41) is 20.6. The molecular formula is C31H37N3O10S2. The highest BCUT2D eigenvalue weighted by Gasteiger charge is 2.47. The SMILES string of the molecule is Cc1cccc2c(=O)c(S(=O)(=O)N3CCC4(CC3)CC(N(CC(O)COc3cccc(S(=O)(=O)C5CC5)c3)C(=O)O)CO4)c[nH]c12. The maximum atomic E-state index is 13.5. The quantitative estimate of drug-likeness (QED) is 0.289. The van der Waals surface area contributed by atoms with E-state index in [4.69, 9.17) is 9.47 Å². The summed E-state index contributed by atoms with van der Waals surface area (Å²) in [6.45, 7) is 1.59. The molecule has 2 aliphatic heterocycles. The predicted molar refractivity (Wildman–Crippen MR) is 167 cm³/mol. The zero-order valence-electron chi connectivity index (χ0n) is 25.3. The number of benzene rings is 2. The average molecular weight is 676 g/mol. The number of hydrogen-bond donors (Lipinski definition) is 3. The minimum absolute atomic E-state index is 0.0807. The summed E-state index contributed by atoms with van der Waals surface area (Å²) in [5.74, 6) is 0.258. The number of sulfonamides is 1. The molecule has 15 heteroatoms. The van der Waals surface area contributed by atoms with Crippen molar-refractivity contribution in [3.63, 3.8) is 0 Å². The second kappa shape index (κ2) is 12.3. The molecule has 1 aliphatic carbocycles. The molecule has 13 nitrogen and oxygen atoms in total. The molecule has 1 aromatic heterocycles. The summed E-state index contributed by atoms with van der Waals surface area (Å²) in [7, 11) is -7.51. The van der Waals surface area contributed by atoms with E-state index in [2.05, 4.69) is 4.98 Å². The van der Waals surface area contributed by atoms with Crippen molar-refractivity contribution >= 4 is 36.9 Å². The first-order chi connectivity index (χ1) is 21.8. The minimum atomic E-state index is -4.09. The van der Waals surface area contributed by atoms with Crippen LogP contribution >= 0.6 is 0 Å². The van der Waals surface area contributed by atoms with Gasteiger partial charge in [0.05, 0.1) is 40.5 Å². The molecule has 2 saturated heterocycles. The van der Waals surface area contributed by atoms with E-state index in [1.165, 1.54) is 22.6 Å². The van der Waals surface area contributed by atoms with Gasteiger partial charge in [0.2, 0.25) is 15.5 Å². The molecule has 0 radical (unpaired) electrons. The lowest BCUT2D eigenvalue weighted by molar-refractivity contribution is -0.0319. The second-order valence-electron chi connectivity index (χ2n) is 12.4. The third kappa shape index (κ3) is 6.26. The number of aliphatic hydroxyl groups is 1. The van der Waals surface area contributed by atoms with Crippen LogP contribution in [0, 0.1) is 6.92 Å². The van der Waals surface area contributed by atoms with Crippen LogP contribution in [0.4, 0.5) is 4.79 Å². The Bertz CT molecular complexity index is 1920. The van der Waals surface area contributed by atoms with Crippen molar-refractivity contribution in [2.75, 3.05) is 32.8 Å². The third-order valence-electron chi connectivity index (χ3n) is 9.16. The number of H-pyrrole nitrogens is 1. The lowest BCUT2D eigenvalue weighted by Crippen LogP contribution is -2.49. The van der Waals surface area contributed by atoms with Crippen LogP contribution in [0.15, 0.2) is 63.2 Å². The van der Waals surface area contributed by atoms with Crippen molar-refractivity contribution in [2.45, 2.75) is 71.8 Å². The van der Waals surface area contributed by atoms with Gasteiger partial charge in [0.15, 0.2) is 9.84 Å². The van der Waals surface area contributed by atoms with Crippen LogP contribution in [0.5, 0.6) is 5.75 Å². The van der Waals surface area contributed by atoms with Gasteiger partial charge in [0.1, 0.15) is 23.4 Å². The van der Waals surface area contributed by atoms with Crippen LogP contribution in [0.25, 0.3) is 10.9 Å². The van der Waals surface area contributed by atoms with Gasteiger partial charge in [-0.15, -0.1) is 0 Å². The van der Waals surface area contributed by atoms with Crippen LogP contribution in [-0.2, 0) is 24.6 Å². The molecule has 6 rings (SSSR count). The monoisotopic (exact) mass is 675 g/mol. The normalized spacial score (nSPS) is 21.0. The average Bonchev–Trinajstić information content (AvgIpc) is 3.82. The highest BCUT2D eigenvalue weighted by Crippen LogP contribution is 2.39. The molecule has 3 aliphatic rings. The number of sulfone groups is 1. The lowest BCUT2D eigenvalue weighted by atomic mass is 9.88. The van der Waals surface area contributed by atoms with Gasteiger partial charge in [-0.2, -0.15) is 4.31 Å². The second-order valence-corrected chi connectivity index (χ2v) is 16.5. The van der Waals surface area contributed by atoms with Gasteiger partial charge >= 0.3 is 6.09 Å². The van der Waals surface area contributed by atoms with E-state index >= 15 is 0 Å². The third-order valence-corrected chi connectivity index (χ3v) is 13.3. The van der Waals surface area contributed by atoms with E-state index in [1.54, 1.807) is 24.3 Å². The lowest BCUT2D eigenvalue weighted by Gasteiger charge is -2.38. The van der Waals surface area contributed by atoms with Gasteiger partial charge in [-0.05, 0) is 68.9 Å². The Balaban J connectivity index is 1.06. The van der Waals surface area contributed by atoms with Gasteiger partial charge in [0.25, 0.3) is 0 Å². The Hall–Kier alpha value is -3.50. The number of rotatable bonds is 10. The molecule has 3 fully saturated rings. The topological polar surface area (TPSA) is 184 Å². The number of aryl methyl sites for hydroxylation is 1. The molecule has 3 N–H and O–H groups in total. The Morgan fingerprint density at radius 1 is 1.15 bits per heavy atom. The molecule has 2 atom stereocenters. The van der Waals surface area contributed by atoms with E-state index in [-0.39, 0.29) is 53.6 Å². The van der Waals surface area contributed by atoms with Crippen molar-refractivity contribution in [1.29, 1.82) is 0 Å². The number of carboxylic acid groups (broad SMARTS) is 1. The van der Waals surface area contributed by atoms with Crippen LogP contribution in [0.1, 0.15) is 37.7 Å². The number of pyridine rings is 1. The van der Waals surface area contributed by atoms with Gasteiger partial charge in [-0.1, -0.05) is 18.2 Å². The molecule has 1 saturated carbocycles. The number of nitrogens with one attached hydrogen (secondary N) is 1. The highest BCUT2D eigenvalue weighted by molar-refractivity contribution is 7.92. The Labute approximate surface area is 266 Å². The molecule has 46 heavy (non-hydrogen) atoms. The summed E-state index contributed by atoms with van der Waals surface area (Å²) in [5.41, 5.74) is 0.105. The smallest absolute Gasteiger partial charge is 0.407 e. The molecule has 3 heterocycles. The molecular weight excluding hydrogens is 638 g/mol. The summed E-state index contributed by atoms with van der Waals surface area (Å²) < 4.78 is 65.1. The molecule has 1 spiro atoms. The largest absolute Gasteiger partial charge is 0.491 e. The molecule has 0 bridgehead atoms. The van der Waals surface area contributed by atoms with Crippen molar-refractivity contribution < 1.29 is 41.3 Å². The highest BCUT2D eigenvalue weighted by atomic mass is 32.2. The number of carbonyl (C=O) groups is 1. The van der Waals surface area contributed by atoms with Crippen molar-refractivity contribution in [3.05, 3.63) is 64.4 Å². The van der Waals surface area contributed by atoms with E-state index in [0.717, 1.165) is 10.5 Å². The number of aromatic amines is 1. The van der Waals surface area contributed by atoms with Crippen LogP contribution in [-0.4, -0.2) is 103 Å². The fourth-order valence-corrected chi connectivity index (χ4v) is 9.57. The van der Waals surface area contributed by atoms with E-state index in [1.807, 2.05) is 13.0 Å². The van der Waals surface area contributed by atoms with Crippen LogP contribution in [0.3, 0.4) is 0 Å². The summed E-state index contributed by atoms with van der Waals surface area (Å²) >= 11 is 0. The number of piperidine rings is 1. The molecule has 248 valence electrons. The number of aliphatic hydroxyl groups excluding tert-OH is 1. The van der Waals surface area contributed by atoms with Crippen LogP contribution < -0.4 is 10.2 Å². The number of hydrogen-bond acceptors (Lipinski definition) is 9. The summed E-state index contributed by atoms with van der Waals surface area (Å²) in [6, 6.07) is 10.6. The van der Waals surface area contributed by atoms with E-state index in [9.17, 15) is 36.6 Å². The van der Waals surface area contributed by atoms with Gasteiger partial charge in [-0.3, -0.25) is 4.79 Å². The van der Waals surface area contributed by atoms with Crippen LogP contribution in [0.2, 0.25) is 0 Å². The maximum Gasteiger partial charge on any atom is 0.407 e. The molecule has 2 aromatic carbocycles. The maximum absolute atomic E-state index is 13.5. The van der Waals surface area contributed by atoms with Gasteiger partial charge in [-0.25, -0.2) is 21.6 Å². The fourth-order valence-electron chi connectivity index (χ4n) is 6.39. The zero-order chi connectivity index (χ0) is 32.9. The minimum Gasteiger partial charge on any atom is -0.491 e. The number of amides is 1. The zero-order valence-corrected chi connectivity index (χ0v) is 26.9. The summed E-state index contributed by atoms with van der Waals surface area (Å²) in [4.78, 5) is 29.2. The van der Waals surface area contributed by atoms with Crippen molar-refractivity contribution in [3.8, 4) is 5.75 Å². The number of aromatic nitrogens is 1. The van der Waals surface area contributed by atoms with E-state index in [0.29, 0.717) is 43.0 Å². The van der Waals surface area contributed by atoms with Crippen molar-refractivity contribution in [1.82, 2.24) is 14.2 Å². The first-order valence-corrected chi connectivity index (χ1v) is 18.2. The number of para-hydroxylation sites is 1. The first kappa shape index (κ1) is 32.4. The molecule has 3 aromatic rings. The molecule has 1 amide bonds. The predicted octanol–water partition coefficient (Wildman–Crippen LogP) is 2.50. The Morgan fingerprint density at radius 2 is 1.87 bits per heavy atom. The standard InChI is InChI=1S/C31H37N3O10S2/c1-20-4-2-7-26-28(20)32-16-27(29(26)36)46(41,42)33-12-10-31(11-13-33)15-21(18-44-31)34(30(37)38)17-22(35)19-43-23-5-3-6-25(14-23)45(39,40)24-8-9-24/h2-7,14,16,21-22,24,35H,8-13,15,17-19H2,1H3,(H,32,36)(H,37,38). The Kier molecular flexibility index (Phi) is 8.65.